The maximum Gasteiger partial charge on any atom is 0.241 e. The Hall–Kier alpha value is -1.59. The van der Waals surface area contributed by atoms with Gasteiger partial charge in [-0.25, -0.2) is 0 Å². The van der Waals surface area contributed by atoms with Gasteiger partial charge in [0, 0.05) is 24.0 Å². The Labute approximate surface area is 113 Å². The van der Waals surface area contributed by atoms with Gasteiger partial charge in [-0.15, -0.1) is 0 Å². The van der Waals surface area contributed by atoms with Crippen LogP contribution in [0.5, 0.6) is 0 Å². The van der Waals surface area contributed by atoms with E-state index in [1.807, 2.05) is 19.1 Å². The van der Waals surface area contributed by atoms with Crippen molar-refractivity contribution in [1.29, 1.82) is 0 Å². The van der Waals surface area contributed by atoms with Crippen molar-refractivity contribution in [3.8, 4) is 0 Å². The minimum atomic E-state index is -0.170. The SMILES string of the molecule is CC1COCCN1C(C)C(=O)Nc1ccc(N)cc1. The van der Waals surface area contributed by atoms with E-state index in [0.29, 0.717) is 18.9 Å². The lowest BCUT2D eigenvalue weighted by Gasteiger charge is -2.36. The van der Waals surface area contributed by atoms with Gasteiger partial charge in [0.1, 0.15) is 0 Å². The summed E-state index contributed by atoms with van der Waals surface area (Å²) in [5.41, 5.74) is 7.08. The minimum Gasteiger partial charge on any atom is -0.399 e. The van der Waals surface area contributed by atoms with Crippen LogP contribution >= 0.6 is 0 Å². The highest BCUT2D eigenvalue weighted by molar-refractivity contribution is 5.94. The van der Waals surface area contributed by atoms with Crippen LogP contribution in [-0.2, 0) is 9.53 Å². The summed E-state index contributed by atoms with van der Waals surface area (Å²) in [7, 11) is 0. The van der Waals surface area contributed by atoms with Crippen molar-refractivity contribution in [2.24, 2.45) is 0 Å². The first kappa shape index (κ1) is 13.8. The number of nitrogens with two attached hydrogens (primary N) is 1. The molecule has 2 rings (SSSR count). The van der Waals surface area contributed by atoms with E-state index in [0.717, 1.165) is 12.2 Å². The summed E-state index contributed by atoms with van der Waals surface area (Å²) in [6.45, 7) is 6.15. The number of carbonyl (C=O) groups excluding carboxylic acids is 1. The van der Waals surface area contributed by atoms with Gasteiger partial charge in [0.25, 0.3) is 0 Å². The molecule has 1 aliphatic rings. The number of anilines is 2. The number of rotatable bonds is 3. The standard InChI is InChI=1S/C14H21N3O2/c1-10-9-19-8-7-17(10)11(2)14(18)16-13-5-3-12(15)4-6-13/h3-6,10-11H,7-9,15H2,1-2H3,(H,16,18). The zero-order chi connectivity index (χ0) is 13.8. The van der Waals surface area contributed by atoms with Gasteiger partial charge in [0.15, 0.2) is 0 Å². The molecule has 5 heteroatoms. The first-order valence-electron chi connectivity index (χ1n) is 6.58. The quantitative estimate of drug-likeness (QED) is 0.807. The summed E-state index contributed by atoms with van der Waals surface area (Å²) in [6, 6.07) is 7.26. The molecule has 0 radical (unpaired) electrons. The topological polar surface area (TPSA) is 67.6 Å². The lowest BCUT2D eigenvalue weighted by Crippen LogP contribution is -2.52. The van der Waals surface area contributed by atoms with E-state index < -0.39 is 0 Å². The highest BCUT2D eigenvalue weighted by Crippen LogP contribution is 2.14. The van der Waals surface area contributed by atoms with E-state index in [2.05, 4.69) is 17.1 Å². The predicted molar refractivity (Wildman–Crippen MR) is 75.9 cm³/mol. The summed E-state index contributed by atoms with van der Waals surface area (Å²) in [4.78, 5) is 14.4. The average Bonchev–Trinajstić information content (AvgIpc) is 2.41. The molecule has 0 saturated carbocycles. The Morgan fingerprint density at radius 2 is 2.16 bits per heavy atom. The minimum absolute atomic E-state index is 0.00137. The Morgan fingerprint density at radius 1 is 1.47 bits per heavy atom. The highest BCUT2D eigenvalue weighted by atomic mass is 16.5. The van der Waals surface area contributed by atoms with E-state index in [-0.39, 0.29) is 18.0 Å². The van der Waals surface area contributed by atoms with Crippen molar-refractivity contribution in [3.63, 3.8) is 0 Å². The van der Waals surface area contributed by atoms with Gasteiger partial charge in [0.2, 0.25) is 5.91 Å². The number of hydrogen-bond donors (Lipinski definition) is 2. The zero-order valence-electron chi connectivity index (χ0n) is 11.4. The molecule has 1 amide bonds. The number of hydrogen-bond acceptors (Lipinski definition) is 4. The molecule has 0 bridgehead atoms. The maximum atomic E-state index is 12.2. The monoisotopic (exact) mass is 263 g/mol. The summed E-state index contributed by atoms with van der Waals surface area (Å²) >= 11 is 0. The molecule has 5 nitrogen and oxygen atoms in total. The third-order valence-electron chi connectivity index (χ3n) is 3.47. The van der Waals surface area contributed by atoms with E-state index in [9.17, 15) is 4.79 Å². The molecule has 0 aromatic heterocycles. The van der Waals surface area contributed by atoms with Crippen molar-refractivity contribution in [2.45, 2.75) is 25.9 Å². The molecule has 1 aromatic carbocycles. The molecule has 2 unspecified atom stereocenters. The first-order chi connectivity index (χ1) is 9.08. The highest BCUT2D eigenvalue weighted by Gasteiger charge is 2.28. The van der Waals surface area contributed by atoms with Gasteiger partial charge in [-0.3, -0.25) is 9.69 Å². The summed E-state index contributed by atoms with van der Waals surface area (Å²) in [6.07, 6.45) is 0. The fourth-order valence-corrected chi connectivity index (χ4v) is 2.28. The van der Waals surface area contributed by atoms with E-state index in [1.54, 1.807) is 12.1 Å². The molecule has 1 fully saturated rings. The van der Waals surface area contributed by atoms with Gasteiger partial charge in [-0.05, 0) is 38.1 Å². The van der Waals surface area contributed by atoms with Gasteiger partial charge in [0.05, 0.1) is 19.3 Å². The fourth-order valence-electron chi connectivity index (χ4n) is 2.28. The van der Waals surface area contributed by atoms with Crippen molar-refractivity contribution >= 4 is 17.3 Å². The van der Waals surface area contributed by atoms with Crippen molar-refractivity contribution in [2.75, 3.05) is 30.8 Å². The number of nitrogens with zero attached hydrogens (tertiary/aromatic N) is 1. The summed E-state index contributed by atoms with van der Waals surface area (Å²) < 4.78 is 5.39. The van der Waals surface area contributed by atoms with E-state index >= 15 is 0 Å². The van der Waals surface area contributed by atoms with Crippen LogP contribution in [0.15, 0.2) is 24.3 Å². The average molecular weight is 263 g/mol. The molecule has 1 heterocycles. The van der Waals surface area contributed by atoms with Gasteiger partial charge >= 0.3 is 0 Å². The van der Waals surface area contributed by atoms with Crippen molar-refractivity contribution < 1.29 is 9.53 Å². The third-order valence-corrected chi connectivity index (χ3v) is 3.47. The zero-order valence-corrected chi connectivity index (χ0v) is 11.4. The van der Waals surface area contributed by atoms with Crippen LogP contribution in [0.4, 0.5) is 11.4 Å². The summed E-state index contributed by atoms with van der Waals surface area (Å²) in [5, 5.41) is 2.91. The third kappa shape index (κ3) is 3.45. The molecule has 1 aromatic rings. The molecule has 0 spiro atoms. The van der Waals surface area contributed by atoms with Crippen molar-refractivity contribution in [3.05, 3.63) is 24.3 Å². The Kier molecular flexibility index (Phi) is 4.39. The van der Waals surface area contributed by atoms with Crippen LogP contribution in [-0.4, -0.2) is 42.6 Å². The first-order valence-corrected chi connectivity index (χ1v) is 6.58. The molecule has 19 heavy (non-hydrogen) atoms. The fraction of sp³-hybridized carbons (Fsp3) is 0.500. The number of ether oxygens (including phenoxy) is 1. The van der Waals surface area contributed by atoms with Gasteiger partial charge in [-0.1, -0.05) is 0 Å². The second kappa shape index (κ2) is 6.04. The largest absolute Gasteiger partial charge is 0.399 e. The van der Waals surface area contributed by atoms with Crippen molar-refractivity contribution in [1.82, 2.24) is 4.90 Å². The summed E-state index contributed by atoms with van der Waals surface area (Å²) in [5.74, 6) is -0.00137. The van der Waals surface area contributed by atoms with Gasteiger partial charge in [-0.2, -0.15) is 0 Å². The van der Waals surface area contributed by atoms with Crippen LogP contribution < -0.4 is 11.1 Å². The lowest BCUT2D eigenvalue weighted by atomic mass is 10.1. The lowest BCUT2D eigenvalue weighted by molar-refractivity contribution is -0.124. The molecule has 1 aliphatic heterocycles. The van der Waals surface area contributed by atoms with Gasteiger partial charge < -0.3 is 15.8 Å². The van der Waals surface area contributed by atoms with E-state index in [1.165, 1.54) is 0 Å². The maximum absolute atomic E-state index is 12.2. The Bertz CT molecular complexity index is 433. The van der Waals surface area contributed by atoms with Crippen LogP contribution in [0.1, 0.15) is 13.8 Å². The van der Waals surface area contributed by atoms with E-state index in [4.69, 9.17) is 10.5 Å². The Morgan fingerprint density at radius 3 is 2.79 bits per heavy atom. The molecular formula is C14H21N3O2. The second-order valence-electron chi connectivity index (χ2n) is 4.95. The second-order valence-corrected chi connectivity index (χ2v) is 4.95. The molecule has 104 valence electrons. The predicted octanol–water partition coefficient (Wildman–Crippen LogP) is 1.32. The molecule has 1 saturated heterocycles. The van der Waals surface area contributed by atoms with Crippen LogP contribution in [0.25, 0.3) is 0 Å². The van der Waals surface area contributed by atoms with Crippen LogP contribution in [0.3, 0.4) is 0 Å². The smallest absolute Gasteiger partial charge is 0.241 e. The number of benzene rings is 1. The van der Waals surface area contributed by atoms with Crippen LogP contribution in [0.2, 0.25) is 0 Å². The normalized spacial score (nSPS) is 21.9. The molecule has 0 aliphatic carbocycles. The Balaban J connectivity index is 1.96. The molecule has 3 N–H and O–H groups in total. The van der Waals surface area contributed by atoms with Crippen LogP contribution in [0, 0.1) is 0 Å². The number of amides is 1. The number of carbonyl (C=O) groups is 1. The number of nitrogen functional groups attached to an aromatic ring is 1. The molecular weight excluding hydrogens is 242 g/mol. The number of morpholine rings is 1. The molecule has 2 atom stereocenters. The number of nitrogens with one attached hydrogen (secondary N) is 1.